The Kier molecular flexibility index (Phi) is 3.37. The highest BCUT2D eigenvalue weighted by Gasteiger charge is 2.36. The molecule has 3 atom stereocenters. The van der Waals surface area contributed by atoms with Gasteiger partial charge in [-0.3, -0.25) is 4.79 Å². The molecule has 116 valence electrons. The van der Waals surface area contributed by atoms with Crippen molar-refractivity contribution in [1.82, 2.24) is 15.4 Å². The van der Waals surface area contributed by atoms with Crippen LogP contribution >= 0.6 is 0 Å². The van der Waals surface area contributed by atoms with E-state index in [1.807, 2.05) is 24.3 Å². The van der Waals surface area contributed by atoms with E-state index in [1.165, 1.54) is 19.3 Å². The largest absolute Gasteiger partial charge is 0.355 e. The third-order valence-corrected chi connectivity index (χ3v) is 5.27. The maximum Gasteiger partial charge on any atom is 0.274 e. The molecule has 2 aliphatic heterocycles. The standard InChI is InChI=1S/C17H21N3O2/c1-20-12-5-4-6-13(20)10-11(9-12)18-17(21)16-14-7-2-3-8-15(14)22-19-16/h2-3,7-8,11-13H,4-6,9-10H2,1H3,(H,18,21)/t11-,12+,13-. The molecule has 5 heteroatoms. The summed E-state index contributed by atoms with van der Waals surface area (Å²) >= 11 is 0. The van der Waals surface area contributed by atoms with Crippen LogP contribution in [0.15, 0.2) is 28.8 Å². The second-order valence-corrected chi connectivity index (χ2v) is 6.57. The average molecular weight is 299 g/mol. The molecular formula is C17H21N3O2. The van der Waals surface area contributed by atoms with Crippen molar-refractivity contribution < 1.29 is 9.32 Å². The number of nitrogens with zero attached hydrogens (tertiary/aromatic N) is 2. The van der Waals surface area contributed by atoms with E-state index < -0.39 is 0 Å². The van der Waals surface area contributed by atoms with E-state index in [1.54, 1.807) is 0 Å². The molecule has 2 bridgehead atoms. The van der Waals surface area contributed by atoms with Gasteiger partial charge in [0.2, 0.25) is 0 Å². The smallest absolute Gasteiger partial charge is 0.274 e. The van der Waals surface area contributed by atoms with Crippen LogP contribution in [0.5, 0.6) is 0 Å². The lowest BCUT2D eigenvalue weighted by molar-refractivity contribution is 0.0461. The van der Waals surface area contributed by atoms with Gasteiger partial charge in [0.25, 0.3) is 5.91 Å². The fourth-order valence-electron chi connectivity index (χ4n) is 4.04. The average Bonchev–Trinajstić information content (AvgIpc) is 2.92. The molecule has 1 N–H and O–H groups in total. The van der Waals surface area contributed by atoms with Gasteiger partial charge < -0.3 is 14.7 Å². The number of hydrogen-bond donors (Lipinski definition) is 1. The molecule has 0 unspecified atom stereocenters. The van der Waals surface area contributed by atoms with Crippen LogP contribution in [0, 0.1) is 0 Å². The molecule has 22 heavy (non-hydrogen) atoms. The summed E-state index contributed by atoms with van der Waals surface area (Å²) in [7, 11) is 2.22. The van der Waals surface area contributed by atoms with Crippen molar-refractivity contribution in [3.05, 3.63) is 30.0 Å². The SMILES string of the molecule is CN1[C@@H]2CCC[C@H]1C[C@@H](NC(=O)c1noc3ccccc13)C2. The molecule has 1 aromatic carbocycles. The Bertz CT molecular complexity index is 682. The number of para-hydroxylation sites is 1. The third kappa shape index (κ3) is 2.29. The van der Waals surface area contributed by atoms with Crippen LogP contribution in [-0.2, 0) is 0 Å². The first-order valence-corrected chi connectivity index (χ1v) is 8.09. The van der Waals surface area contributed by atoms with Crippen LogP contribution in [-0.4, -0.2) is 41.1 Å². The zero-order valence-electron chi connectivity index (χ0n) is 12.8. The molecule has 3 heterocycles. The molecule has 0 aliphatic carbocycles. The van der Waals surface area contributed by atoms with Crippen molar-refractivity contribution in [2.75, 3.05) is 7.05 Å². The Morgan fingerprint density at radius 3 is 2.77 bits per heavy atom. The minimum atomic E-state index is -0.113. The van der Waals surface area contributed by atoms with Gasteiger partial charge >= 0.3 is 0 Å². The number of amides is 1. The number of hydrogen-bond acceptors (Lipinski definition) is 4. The van der Waals surface area contributed by atoms with E-state index >= 15 is 0 Å². The van der Waals surface area contributed by atoms with Crippen LogP contribution in [0.25, 0.3) is 11.0 Å². The molecule has 0 radical (unpaired) electrons. The summed E-state index contributed by atoms with van der Waals surface area (Å²) in [4.78, 5) is 15.0. The van der Waals surface area contributed by atoms with Gasteiger partial charge in [0.1, 0.15) is 0 Å². The van der Waals surface area contributed by atoms with Crippen molar-refractivity contribution in [1.29, 1.82) is 0 Å². The van der Waals surface area contributed by atoms with Gasteiger partial charge in [-0.1, -0.05) is 23.7 Å². The predicted molar refractivity (Wildman–Crippen MR) is 83.7 cm³/mol. The van der Waals surface area contributed by atoms with Gasteiger partial charge in [0.05, 0.1) is 5.39 Å². The lowest BCUT2D eigenvalue weighted by Crippen LogP contribution is -2.55. The fourth-order valence-corrected chi connectivity index (χ4v) is 4.04. The van der Waals surface area contributed by atoms with Crippen LogP contribution < -0.4 is 5.32 Å². The zero-order valence-corrected chi connectivity index (χ0v) is 12.8. The summed E-state index contributed by atoms with van der Waals surface area (Å²) in [5.74, 6) is -0.113. The second-order valence-electron chi connectivity index (χ2n) is 6.57. The highest BCUT2D eigenvalue weighted by atomic mass is 16.5. The Hall–Kier alpha value is -1.88. The van der Waals surface area contributed by atoms with E-state index in [-0.39, 0.29) is 11.9 Å². The topological polar surface area (TPSA) is 58.4 Å². The van der Waals surface area contributed by atoms with Gasteiger partial charge in [0.15, 0.2) is 11.3 Å². The van der Waals surface area contributed by atoms with Crippen molar-refractivity contribution in [2.45, 2.75) is 50.2 Å². The normalized spacial score (nSPS) is 28.7. The Morgan fingerprint density at radius 1 is 1.27 bits per heavy atom. The predicted octanol–water partition coefficient (Wildman–Crippen LogP) is 2.57. The summed E-state index contributed by atoms with van der Waals surface area (Å²) < 4.78 is 5.23. The number of carbonyl (C=O) groups is 1. The molecule has 2 saturated heterocycles. The van der Waals surface area contributed by atoms with Gasteiger partial charge in [-0.15, -0.1) is 0 Å². The monoisotopic (exact) mass is 299 g/mol. The molecule has 5 nitrogen and oxygen atoms in total. The van der Waals surface area contributed by atoms with Crippen LogP contribution in [0.1, 0.15) is 42.6 Å². The quantitative estimate of drug-likeness (QED) is 0.926. The maximum atomic E-state index is 12.5. The number of nitrogens with one attached hydrogen (secondary N) is 1. The number of fused-ring (bicyclic) bond motifs is 3. The minimum absolute atomic E-state index is 0.113. The zero-order chi connectivity index (χ0) is 15.1. The molecule has 1 amide bonds. The maximum absolute atomic E-state index is 12.5. The second kappa shape index (κ2) is 5.39. The first-order chi connectivity index (χ1) is 10.7. The molecule has 4 rings (SSSR count). The highest BCUT2D eigenvalue weighted by Crippen LogP contribution is 2.32. The van der Waals surface area contributed by atoms with E-state index in [0.717, 1.165) is 18.2 Å². The first-order valence-electron chi connectivity index (χ1n) is 8.09. The first kappa shape index (κ1) is 13.8. The molecule has 2 fully saturated rings. The lowest BCUT2D eigenvalue weighted by atomic mass is 9.82. The van der Waals surface area contributed by atoms with Gasteiger partial charge in [-0.05, 0) is 44.9 Å². The summed E-state index contributed by atoms with van der Waals surface area (Å²) in [6.07, 6.45) is 5.87. The van der Waals surface area contributed by atoms with E-state index in [0.29, 0.717) is 23.4 Å². The molecule has 0 saturated carbocycles. The van der Waals surface area contributed by atoms with E-state index in [9.17, 15) is 4.79 Å². The summed E-state index contributed by atoms with van der Waals surface area (Å²) in [6, 6.07) is 8.94. The van der Waals surface area contributed by atoms with E-state index in [2.05, 4.69) is 22.4 Å². The number of aromatic nitrogens is 1. The van der Waals surface area contributed by atoms with Crippen LogP contribution in [0.4, 0.5) is 0 Å². The Balaban J connectivity index is 1.50. The minimum Gasteiger partial charge on any atom is -0.355 e. The molecule has 2 aromatic rings. The van der Waals surface area contributed by atoms with Crippen LogP contribution in [0.3, 0.4) is 0 Å². The van der Waals surface area contributed by atoms with Crippen molar-refractivity contribution >= 4 is 16.9 Å². The molecular weight excluding hydrogens is 278 g/mol. The Labute approximate surface area is 129 Å². The third-order valence-electron chi connectivity index (χ3n) is 5.27. The molecule has 2 aliphatic rings. The van der Waals surface area contributed by atoms with Crippen molar-refractivity contribution in [2.24, 2.45) is 0 Å². The van der Waals surface area contributed by atoms with Crippen molar-refractivity contribution in [3.63, 3.8) is 0 Å². The van der Waals surface area contributed by atoms with Gasteiger partial charge in [0, 0.05) is 18.1 Å². The number of piperidine rings is 2. The molecule has 0 spiro atoms. The van der Waals surface area contributed by atoms with Gasteiger partial charge in [-0.2, -0.15) is 0 Å². The van der Waals surface area contributed by atoms with Crippen LogP contribution in [0.2, 0.25) is 0 Å². The molecule has 1 aromatic heterocycles. The number of benzene rings is 1. The lowest BCUT2D eigenvalue weighted by Gasteiger charge is -2.47. The summed E-state index contributed by atoms with van der Waals surface area (Å²) in [5.41, 5.74) is 1.06. The van der Waals surface area contributed by atoms with Crippen molar-refractivity contribution in [3.8, 4) is 0 Å². The highest BCUT2D eigenvalue weighted by molar-refractivity contribution is 6.04. The van der Waals surface area contributed by atoms with Gasteiger partial charge in [-0.25, -0.2) is 0 Å². The van der Waals surface area contributed by atoms with E-state index in [4.69, 9.17) is 4.52 Å². The number of rotatable bonds is 2. The fraction of sp³-hybridized carbons (Fsp3) is 0.529. The summed E-state index contributed by atoms with van der Waals surface area (Å²) in [6.45, 7) is 0. The Morgan fingerprint density at radius 2 is 2.00 bits per heavy atom. The number of carbonyl (C=O) groups excluding carboxylic acids is 1. The summed E-state index contributed by atoms with van der Waals surface area (Å²) in [5, 5.41) is 7.91.